The molecule has 208 valence electrons. The number of benzene rings is 2. The van der Waals surface area contributed by atoms with Gasteiger partial charge in [-0.3, -0.25) is 14.4 Å². The second-order valence-electron chi connectivity index (χ2n) is 9.53. The molecule has 3 heterocycles. The van der Waals surface area contributed by atoms with Crippen LogP contribution in [-0.2, 0) is 9.59 Å². The number of hydrogen-bond acceptors (Lipinski definition) is 8. The second-order valence-corrected chi connectivity index (χ2v) is 9.53. The van der Waals surface area contributed by atoms with Crippen molar-refractivity contribution in [3.05, 3.63) is 60.3 Å². The van der Waals surface area contributed by atoms with E-state index in [1.54, 1.807) is 53.4 Å². The Morgan fingerprint density at radius 3 is 2.52 bits per heavy atom. The molecule has 5 rings (SSSR count). The molecule has 2 N–H and O–H groups in total. The van der Waals surface area contributed by atoms with Gasteiger partial charge >= 0.3 is 5.92 Å². The first-order chi connectivity index (χ1) is 19.1. The number of halogens is 2. The molecule has 0 saturated carbocycles. The van der Waals surface area contributed by atoms with Gasteiger partial charge in [0.1, 0.15) is 11.4 Å². The molecule has 0 spiro atoms. The molecule has 3 amide bonds. The number of hydrogen-bond donors (Lipinski definition) is 2. The monoisotopic (exact) mass is 551 g/mol. The first-order valence-electron chi connectivity index (χ1n) is 12.4. The highest BCUT2D eigenvalue weighted by atomic mass is 19.3. The molecular formula is C27H27F2N7O4. The smallest absolute Gasteiger partial charge is 0.342 e. The molecule has 0 unspecified atom stereocenters. The minimum atomic E-state index is -3.66. The Balaban J connectivity index is 1.41. The number of anilines is 5. The van der Waals surface area contributed by atoms with Crippen LogP contribution < -0.4 is 25.2 Å². The third kappa shape index (κ3) is 5.09. The molecule has 13 heteroatoms. The SMILES string of the molecule is COc1cc(C(=O)NC2CN(C(C)=O)C2)ccc1Nc1ncc2c(n1)N(c1ccccc1)CC(F)(F)C(=O)N2C. The van der Waals surface area contributed by atoms with Crippen molar-refractivity contribution in [3.63, 3.8) is 0 Å². The lowest BCUT2D eigenvalue weighted by atomic mass is 10.1. The average molecular weight is 552 g/mol. The molecule has 2 aliphatic rings. The van der Waals surface area contributed by atoms with Gasteiger partial charge in [0.05, 0.1) is 31.6 Å². The van der Waals surface area contributed by atoms with Crippen molar-refractivity contribution in [2.75, 3.05) is 48.9 Å². The predicted molar refractivity (Wildman–Crippen MR) is 144 cm³/mol. The Kier molecular flexibility index (Phi) is 6.96. The molecule has 3 aromatic rings. The van der Waals surface area contributed by atoms with E-state index in [1.165, 1.54) is 32.2 Å². The zero-order valence-corrected chi connectivity index (χ0v) is 22.0. The highest BCUT2D eigenvalue weighted by Crippen LogP contribution is 2.40. The normalized spacial score (nSPS) is 16.5. The lowest BCUT2D eigenvalue weighted by Gasteiger charge is -2.38. The van der Waals surface area contributed by atoms with Gasteiger partial charge in [-0.1, -0.05) is 18.2 Å². The van der Waals surface area contributed by atoms with Crippen molar-refractivity contribution in [1.82, 2.24) is 20.2 Å². The largest absolute Gasteiger partial charge is 0.495 e. The van der Waals surface area contributed by atoms with Gasteiger partial charge in [0.15, 0.2) is 5.82 Å². The zero-order chi connectivity index (χ0) is 28.6. The lowest BCUT2D eigenvalue weighted by molar-refractivity contribution is -0.140. The Hall–Kier alpha value is -4.81. The molecule has 0 radical (unpaired) electrons. The number of ether oxygens (including phenoxy) is 1. The molecule has 0 bridgehead atoms. The van der Waals surface area contributed by atoms with Crippen LogP contribution in [0.15, 0.2) is 54.7 Å². The standard InChI is InChI=1S/C27H27F2N7O4/c1-16(37)35-13-18(14-35)31-24(38)17-9-10-20(22(11-17)40-3)32-26-30-12-21-23(33-26)36(19-7-5-4-6-8-19)15-27(28,29)25(39)34(21)2/h4-12,18H,13-15H2,1-3H3,(H,31,38)(H,30,32,33). The Morgan fingerprint density at radius 2 is 1.85 bits per heavy atom. The van der Waals surface area contributed by atoms with Crippen molar-refractivity contribution in [2.45, 2.75) is 18.9 Å². The molecule has 40 heavy (non-hydrogen) atoms. The number of carbonyl (C=O) groups excluding carboxylic acids is 3. The van der Waals surface area contributed by atoms with Crippen LogP contribution in [0.2, 0.25) is 0 Å². The van der Waals surface area contributed by atoms with Crippen LogP contribution in [0.5, 0.6) is 5.75 Å². The number of nitrogens with one attached hydrogen (secondary N) is 2. The minimum absolute atomic E-state index is 0.0403. The lowest BCUT2D eigenvalue weighted by Crippen LogP contribution is -2.60. The molecule has 1 fully saturated rings. The number of carbonyl (C=O) groups is 3. The Morgan fingerprint density at radius 1 is 1.12 bits per heavy atom. The first-order valence-corrected chi connectivity index (χ1v) is 12.4. The molecule has 2 aliphatic heterocycles. The van der Waals surface area contributed by atoms with E-state index in [0.717, 1.165) is 4.90 Å². The number of likely N-dealkylation sites (tertiary alicyclic amines) is 1. The van der Waals surface area contributed by atoms with E-state index >= 15 is 0 Å². The van der Waals surface area contributed by atoms with E-state index < -0.39 is 18.4 Å². The number of fused-ring (bicyclic) bond motifs is 1. The summed E-state index contributed by atoms with van der Waals surface area (Å²) in [6.45, 7) is 1.50. The summed E-state index contributed by atoms with van der Waals surface area (Å²) in [5.41, 5.74) is 1.33. The number of alkyl halides is 2. The number of amides is 3. The fourth-order valence-electron chi connectivity index (χ4n) is 4.53. The van der Waals surface area contributed by atoms with Gasteiger partial charge < -0.3 is 30.1 Å². The third-order valence-corrected chi connectivity index (χ3v) is 6.78. The van der Waals surface area contributed by atoms with Crippen LogP contribution in [0.4, 0.5) is 37.6 Å². The fourth-order valence-corrected chi connectivity index (χ4v) is 4.53. The van der Waals surface area contributed by atoms with Crippen LogP contribution in [0.25, 0.3) is 0 Å². The van der Waals surface area contributed by atoms with Crippen LogP contribution in [-0.4, -0.2) is 78.3 Å². The fraction of sp³-hybridized carbons (Fsp3) is 0.296. The van der Waals surface area contributed by atoms with Gasteiger partial charge in [-0.25, -0.2) is 4.98 Å². The highest BCUT2D eigenvalue weighted by Gasteiger charge is 2.47. The van der Waals surface area contributed by atoms with Gasteiger partial charge in [0.25, 0.3) is 11.8 Å². The zero-order valence-electron chi connectivity index (χ0n) is 22.0. The van der Waals surface area contributed by atoms with Crippen molar-refractivity contribution >= 4 is 46.5 Å². The summed E-state index contributed by atoms with van der Waals surface area (Å²) >= 11 is 0. The van der Waals surface area contributed by atoms with Gasteiger partial charge in [-0.2, -0.15) is 13.8 Å². The van der Waals surface area contributed by atoms with E-state index in [4.69, 9.17) is 4.74 Å². The number of aromatic nitrogens is 2. The predicted octanol–water partition coefficient (Wildman–Crippen LogP) is 2.94. The van der Waals surface area contributed by atoms with E-state index in [-0.39, 0.29) is 35.3 Å². The molecule has 2 aromatic carbocycles. The summed E-state index contributed by atoms with van der Waals surface area (Å²) in [7, 11) is 2.70. The Bertz CT molecular complexity index is 1460. The second kappa shape index (κ2) is 10.4. The summed E-state index contributed by atoms with van der Waals surface area (Å²) in [6, 6.07) is 13.1. The summed E-state index contributed by atoms with van der Waals surface area (Å²) < 4.78 is 35.2. The molecule has 11 nitrogen and oxygen atoms in total. The van der Waals surface area contributed by atoms with Crippen LogP contribution in [0.3, 0.4) is 0 Å². The molecule has 0 aliphatic carbocycles. The molecule has 1 saturated heterocycles. The third-order valence-electron chi connectivity index (χ3n) is 6.78. The Labute approximate surface area is 228 Å². The van der Waals surface area contributed by atoms with E-state index in [9.17, 15) is 23.2 Å². The van der Waals surface area contributed by atoms with Crippen molar-refractivity contribution in [2.24, 2.45) is 0 Å². The summed E-state index contributed by atoms with van der Waals surface area (Å²) in [6.07, 6.45) is 1.30. The van der Waals surface area contributed by atoms with Gasteiger partial charge in [-0.05, 0) is 30.3 Å². The van der Waals surface area contributed by atoms with Crippen LogP contribution in [0.1, 0.15) is 17.3 Å². The van der Waals surface area contributed by atoms with E-state index in [0.29, 0.717) is 35.8 Å². The van der Waals surface area contributed by atoms with Crippen molar-refractivity contribution < 1.29 is 27.9 Å². The molecule has 1 aromatic heterocycles. The topological polar surface area (TPSA) is 120 Å². The number of para-hydroxylation sites is 1. The molecule has 0 atom stereocenters. The maximum atomic E-state index is 14.9. The first kappa shape index (κ1) is 26.8. The number of rotatable bonds is 6. The average Bonchev–Trinajstić information content (AvgIpc) is 2.99. The minimum Gasteiger partial charge on any atom is -0.495 e. The van der Waals surface area contributed by atoms with Gasteiger partial charge in [0.2, 0.25) is 11.9 Å². The summed E-state index contributed by atoms with van der Waals surface area (Å²) in [5.74, 6) is -4.87. The molecular weight excluding hydrogens is 524 g/mol. The maximum absolute atomic E-state index is 14.9. The summed E-state index contributed by atoms with van der Waals surface area (Å²) in [5, 5.41) is 5.90. The maximum Gasteiger partial charge on any atom is 0.342 e. The number of methoxy groups -OCH3 is 1. The van der Waals surface area contributed by atoms with Crippen molar-refractivity contribution in [1.29, 1.82) is 0 Å². The quantitative estimate of drug-likeness (QED) is 0.480. The van der Waals surface area contributed by atoms with E-state index in [2.05, 4.69) is 20.6 Å². The van der Waals surface area contributed by atoms with Gasteiger partial charge in [0, 0.05) is 38.3 Å². The van der Waals surface area contributed by atoms with Gasteiger partial charge in [-0.15, -0.1) is 0 Å². The van der Waals surface area contributed by atoms with E-state index in [1.807, 2.05) is 0 Å². The highest BCUT2D eigenvalue weighted by molar-refractivity contribution is 6.02. The summed E-state index contributed by atoms with van der Waals surface area (Å²) in [4.78, 5) is 49.1. The van der Waals surface area contributed by atoms with Crippen molar-refractivity contribution in [3.8, 4) is 5.75 Å². The number of nitrogens with zero attached hydrogens (tertiary/aromatic N) is 5. The van der Waals surface area contributed by atoms with Crippen LogP contribution >= 0.6 is 0 Å². The van der Waals surface area contributed by atoms with Crippen LogP contribution in [0, 0.1) is 0 Å².